The van der Waals surface area contributed by atoms with E-state index < -0.39 is 0 Å². The van der Waals surface area contributed by atoms with Crippen molar-refractivity contribution >= 4 is 27.5 Å². The zero-order chi connectivity index (χ0) is 16.6. The summed E-state index contributed by atoms with van der Waals surface area (Å²) in [6.45, 7) is 6.97. The van der Waals surface area contributed by atoms with Crippen molar-refractivity contribution in [3.05, 3.63) is 12.2 Å². The van der Waals surface area contributed by atoms with Crippen LogP contribution in [0.15, 0.2) is 12.2 Å². The van der Waals surface area contributed by atoms with E-state index in [2.05, 4.69) is 42.8 Å². The van der Waals surface area contributed by atoms with Crippen molar-refractivity contribution in [1.82, 2.24) is 0 Å². The second kappa shape index (κ2) is 5.03. The van der Waals surface area contributed by atoms with Gasteiger partial charge in [-0.1, -0.05) is 42.8 Å². The molecule has 8 atom stereocenters. The lowest BCUT2D eigenvalue weighted by Crippen LogP contribution is -2.60. The Labute approximate surface area is 147 Å². The fraction of sp³-hybridized carbons (Fsp3) is 0.800. The highest BCUT2D eigenvalue weighted by molar-refractivity contribution is 9.09. The number of alkyl halides is 1. The van der Waals surface area contributed by atoms with Crippen molar-refractivity contribution in [1.29, 1.82) is 0 Å². The number of halogens is 1. The van der Waals surface area contributed by atoms with E-state index in [1.807, 2.05) is 6.08 Å². The number of Topliss-reactive ketones (excluding diaryl/α,β-unsaturated/α-hetero) is 1. The highest BCUT2D eigenvalue weighted by Crippen LogP contribution is 2.66. The lowest BCUT2D eigenvalue weighted by Gasteiger charge is -2.62. The minimum absolute atomic E-state index is 0.171. The molecule has 4 aliphatic rings. The third-order valence-electron chi connectivity index (χ3n) is 8.19. The molecule has 126 valence electrons. The molecular formula is C20H27BrO2. The SMILES string of the molecule is C[C@H]1[C@@H]2[C@H](CC[C@]3(C)C(=O)C=C[C@@H]23)[C@@]2(C)CCC(=O)CC2[C@@H]1Br. The van der Waals surface area contributed by atoms with Crippen LogP contribution in [0.3, 0.4) is 0 Å². The van der Waals surface area contributed by atoms with Crippen molar-refractivity contribution in [3.8, 4) is 0 Å². The third-order valence-corrected chi connectivity index (χ3v) is 9.66. The first-order valence-corrected chi connectivity index (χ1v) is 10.1. The summed E-state index contributed by atoms with van der Waals surface area (Å²) in [4.78, 5) is 24.9. The smallest absolute Gasteiger partial charge is 0.161 e. The van der Waals surface area contributed by atoms with Crippen LogP contribution in [0.25, 0.3) is 0 Å². The molecule has 0 radical (unpaired) electrons. The minimum atomic E-state index is -0.171. The molecule has 0 aromatic carbocycles. The van der Waals surface area contributed by atoms with Crippen LogP contribution in [0.1, 0.15) is 52.9 Å². The van der Waals surface area contributed by atoms with E-state index in [1.54, 1.807) is 0 Å². The Bertz CT molecular complexity index is 596. The van der Waals surface area contributed by atoms with Gasteiger partial charge in [0, 0.05) is 23.1 Å². The fourth-order valence-corrected chi connectivity index (χ4v) is 7.80. The number of rotatable bonds is 0. The van der Waals surface area contributed by atoms with Gasteiger partial charge in [0.2, 0.25) is 0 Å². The summed E-state index contributed by atoms with van der Waals surface area (Å²) in [5.74, 6) is 3.37. The predicted molar refractivity (Wildman–Crippen MR) is 94.3 cm³/mol. The fourth-order valence-electron chi connectivity index (χ4n) is 6.65. The summed E-state index contributed by atoms with van der Waals surface area (Å²) < 4.78 is 0. The van der Waals surface area contributed by atoms with Crippen LogP contribution in [0.4, 0.5) is 0 Å². The van der Waals surface area contributed by atoms with Gasteiger partial charge in [-0.2, -0.15) is 0 Å². The Hall–Kier alpha value is -0.440. The zero-order valence-electron chi connectivity index (χ0n) is 14.3. The molecule has 0 amide bonds. The van der Waals surface area contributed by atoms with Crippen molar-refractivity contribution < 1.29 is 9.59 Å². The molecule has 4 aliphatic carbocycles. The average molecular weight is 379 g/mol. The molecule has 0 aromatic heterocycles. The van der Waals surface area contributed by atoms with Crippen LogP contribution in [0, 0.1) is 40.4 Å². The molecule has 0 heterocycles. The van der Waals surface area contributed by atoms with Gasteiger partial charge in [-0.15, -0.1) is 0 Å². The number of ketones is 2. The van der Waals surface area contributed by atoms with Crippen molar-refractivity contribution in [3.63, 3.8) is 0 Å². The number of allylic oxidation sites excluding steroid dienone is 2. The lowest BCUT2D eigenvalue weighted by molar-refractivity contribution is -0.147. The van der Waals surface area contributed by atoms with E-state index in [4.69, 9.17) is 0 Å². The molecule has 1 unspecified atom stereocenters. The maximum absolute atomic E-state index is 12.5. The van der Waals surface area contributed by atoms with E-state index in [0.29, 0.717) is 46.0 Å². The summed E-state index contributed by atoms with van der Waals surface area (Å²) >= 11 is 3.99. The van der Waals surface area contributed by atoms with Gasteiger partial charge < -0.3 is 0 Å². The molecule has 2 nitrogen and oxygen atoms in total. The Morgan fingerprint density at radius 2 is 1.91 bits per heavy atom. The minimum Gasteiger partial charge on any atom is -0.300 e. The second-order valence-corrected chi connectivity index (χ2v) is 10.1. The number of hydrogen-bond donors (Lipinski definition) is 0. The van der Waals surface area contributed by atoms with Gasteiger partial charge in [0.25, 0.3) is 0 Å². The van der Waals surface area contributed by atoms with E-state index in [-0.39, 0.29) is 10.8 Å². The van der Waals surface area contributed by atoms with Gasteiger partial charge in [-0.25, -0.2) is 0 Å². The monoisotopic (exact) mass is 378 g/mol. The first-order chi connectivity index (χ1) is 10.8. The highest BCUT2D eigenvalue weighted by Gasteiger charge is 2.63. The average Bonchev–Trinajstić information content (AvgIpc) is 2.82. The van der Waals surface area contributed by atoms with Gasteiger partial charge in [-0.05, 0) is 60.3 Å². The van der Waals surface area contributed by atoms with E-state index in [1.165, 1.54) is 0 Å². The van der Waals surface area contributed by atoms with Crippen LogP contribution < -0.4 is 0 Å². The molecule has 0 bridgehead atoms. The van der Waals surface area contributed by atoms with Crippen molar-refractivity contribution in [2.24, 2.45) is 40.4 Å². The first-order valence-electron chi connectivity index (χ1n) is 9.17. The summed E-state index contributed by atoms with van der Waals surface area (Å²) in [6, 6.07) is 0. The van der Waals surface area contributed by atoms with Gasteiger partial charge in [-0.3, -0.25) is 9.59 Å². The number of carbonyl (C=O) groups is 2. The van der Waals surface area contributed by atoms with Crippen LogP contribution >= 0.6 is 15.9 Å². The van der Waals surface area contributed by atoms with Crippen LogP contribution in [-0.4, -0.2) is 16.4 Å². The van der Waals surface area contributed by atoms with Gasteiger partial charge >= 0.3 is 0 Å². The normalized spacial score (nSPS) is 55.3. The van der Waals surface area contributed by atoms with E-state index >= 15 is 0 Å². The summed E-state index contributed by atoms with van der Waals surface area (Å²) in [5.41, 5.74) is 0.0793. The maximum Gasteiger partial charge on any atom is 0.161 e. The Kier molecular flexibility index (Phi) is 3.51. The predicted octanol–water partition coefficient (Wildman–Crippen LogP) is 4.56. The van der Waals surface area contributed by atoms with Crippen LogP contribution in [0.5, 0.6) is 0 Å². The molecule has 23 heavy (non-hydrogen) atoms. The summed E-state index contributed by atoms with van der Waals surface area (Å²) in [7, 11) is 0. The Morgan fingerprint density at radius 1 is 1.17 bits per heavy atom. The molecule has 0 saturated heterocycles. The largest absolute Gasteiger partial charge is 0.300 e. The number of carbonyl (C=O) groups excluding carboxylic acids is 2. The molecular weight excluding hydrogens is 352 g/mol. The molecule has 0 spiro atoms. The lowest BCUT2D eigenvalue weighted by atomic mass is 9.43. The molecule has 3 fully saturated rings. The van der Waals surface area contributed by atoms with Crippen molar-refractivity contribution in [2.75, 3.05) is 0 Å². The van der Waals surface area contributed by atoms with Crippen molar-refractivity contribution in [2.45, 2.75) is 57.7 Å². The highest BCUT2D eigenvalue weighted by atomic mass is 79.9. The van der Waals surface area contributed by atoms with E-state index in [0.717, 1.165) is 32.1 Å². The van der Waals surface area contributed by atoms with Crippen LogP contribution in [-0.2, 0) is 9.59 Å². The Balaban J connectivity index is 1.76. The topological polar surface area (TPSA) is 34.1 Å². The van der Waals surface area contributed by atoms with E-state index in [9.17, 15) is 9.59 Å². The molecule has 0 N–H and O–H groups in total. The van der Waals surface area contributed by atoms with Gasteiger partial charge in [0.15, 0.2) is 5.78 Å². The quantitative estimate of drug-likeness (QED) is 0.578. The molecule has 0 aromatic rings. The summed E-state index contributed by atoms with van der Waals surface area (Å²) in [6.07, 6.45) is 8.76. The second-order valence-electron chi connectivity index (χ2n) is 9.05. The number of hydrogen-bond acceptors (Lipinski definition) is 2. The summed E-state index contributed by atoms with van der Waals surface area (Å²) in [5, 5.41) is 0. The third kappa shape index (κ3) is 1.98. The van der Waals surface area contributed by atoms with Crippen LogP contribution in [0.2, 0.25) is 0 Å². The first kappa shape index (κ1) is 16.1. The molecule has 0 aliphatic heterocycles. The van der Waals surface area contributed by atoms with Gasteiger partial charge in [0.1, 0.15) is 5.78 Å². The number of fused-ring (bicyclic) bond motifs is 5. The standard InChI is InChI=1S/C20H27BrO2/c1-11-17-13-4-5-16(23)20(13,3)9-7-14(17)19(2)8-6-12(22)10-15(19)18(11)21/h4-5,11,13-15,17-18H,6-10H2,1-3H3/t11-,13-,14-,15?,17-,18+,19+,20-/m0/s1. The molecule has 3 saturated carbocycles. The molecule has 3 heteroatoms. The van der Waals surface area contributed by atoms with Gasteiger partial charge in [0.05, 0.1) is 0 Å². The molecule has 4 rings (SSSR count). The maximum atomic E-state index is 12.5. The zero-order valence-corrected chi connectivity index (χ0v) is 15.9. The Morgan fingerprint density at radius 3 is 2.65 bits per heavy atom.